The maximum Gasteiger partial charge on any atom is 0.257 e. The number of sulfonamides is 1. The lowest BCUT2D eigenvalue weighted by Gasteiger charge is -2.02. The molecule has 0 unspecified atom stereocenters. The molecule has 0 fully saturated rings. The summed E-state index contributed by atoms with van der Waals surface area (Å²) in [4.78, 5) is 17.6. The van der Waals surface area contributed by atoms with E-state index in [0.717, 1.165) is 4.90 Å². The number of hydrogen-bond donors (Lipinski definition) is 2. The van der Waals surface area contributed by atoms with Crippen LogP contribution in [-0.2, 0) is 10.0 Å². The van der Waals surface area contributed by atoms with Gasteiger partial charge in [0.25, 0.3) is 5.91 Å². The second-order valence-corrected chi connectivity index (χ2v) is 8.35. The summed E-state index contributed by atoms with van der Waals surface area (Å²) in [5.74, 6) is -0.270. The largest absolute Gasteiger partial charge is 0.298 e. The van der Waals surface area contributed by atoms with Crippen LogP contribution in [0.25, 0.3) is 10.2 Å². The van der Waals surface area contributed by atoms with E-state index in [1.165, 1.54) is 23.5 Å². The quantitative estimate of drug-likeness (QED) is 0.679. The van der Waals surface area contributed by atoms with Crippen molar-refractivity contribution in [1.29, 1.82) is 0 Å². The van der Waals surface area contributed by atoms with Gasteiger partial charge >= 0.3 is 0 Å². The number of primary sulfonamides is 1. The van der Waals surface area contributed by atoms with Crippen molar-refractivity contribution in [2.75, 3.05) is 11.6 Å². The number of anilines is 1. The Bertz CT molecular complexity index is 1010. The standard InChI is InChI=1S/C15H13N3O3S3/c1-22-10-4-2-9(3-5-10)14(19)18-15-17-12-7-6-11(24(16,20)21)8-13(12)23-15/h2-8H,1H3,(H2,16,20,21)(H,17,18,19). The first-order chi connectivity index (χ1) is 11.4. The number of thiazole rings is 1. The minimum Gasteiger partial charge on any atom is -0.298 e. The number of benzene rings is 2. The van der Waals surface area contributed by atoms with Crippen LogP contribution in [0.1, 0.15) is 10.4 Å². The summed E-state index contributed by atoms with van der Waals surface area (Å²) in [5, 5.41) is 8.24. The van der Waals surface area contributed by atoms with Crippen LogP contribution in [0, 0.1) is 0 Å². The van der Waals surface area contributed by atoms with E-state index >= 15 is 0 Å². The Hall–Kier alpha value is -1.94. The maximum atomic E-state index is 12.2. The molecule has 0 saturated carbocycles. The van der Waals surface area contributed by atoms with E-state index < -0.39 is 10.0 Å². The van der Waals surface area contributed by atoms with Gasteiger partial charge in [-0.2, -0.15) is 0 Å². The van der Waals surface area contributed by atoms with Gasteiger partial charge in [0.2, 0.25) is 10.0 Å². The van der Waals surface area contributed by atoms with Crippen LogP contribution in [0.15, 0.2) is 52.3 Å². The number of nitrogens with one attached hydrogen (secondary N) is 1. The van der Waals surface area contributed by atoms with Gasteiger partial charge < -0.3 is 0 Å². The van der Waals surface area contributed by atoms with E-state index in [0.29, 0.717) is 20.9 Å². The molecule has 1 heterocycles. The highest BCUT2D eigenvalue weighted by molar-refractivity contribution is 7.98. The summed E-state index contributed by atoms with van der Waals surface area (Å²) in [6.07, 6.45) is 1.96. The van der Waals surface area contributed by atoms with Crippen molar-refractivity contribution in [3.8, 4) is 0 Å². The topological polar surface area (TPSA) is 102 Å². The molecule has 9 heteroatoms. The fourth-order valence-corrected chi connectivity index (χ4v) is 3.97. The van der Waals surface area contributed by atoms with Crippen LogP contribution in [0.4, 0.5) is 5.13 Å². The number of aromatic nitrogens is 1. The van der Waals surface area contributed by atoms with Gasteiger partial charge in [-0.15, -0.1) is 11.8 Å². The molecule has 0 bridgehead atoms. The zero-order valence-corrected chi connectivity index (χ0v) is 15.0. The van der Waals surface area contributed by atoms with Gasteiger partial charge in [-0.3, -0.25) is 10.1 Å². The lowest BCUT2D eigenvalue weighted by molar-refractivity contribution is 0.102. The Morgan fingerprint density at radius 3 is 2.54 bits per heavy atom. The monoisotopic (exact) mass is 379 g/mol. The predicted octanol–water partition coefficient (Wildman–Crippen LogP) is 2.92. The van der Waals surface area contributed by atoms with Crippen molar-refractivity contribution in [1.82, 2.24) is 4.98 Å². The first kappa shape index (κ1) is 16.9. The predicted molar refractivity (Wildman–Crippen MR) is 97.2 cm³/mol. The number of nitrogens with two attached hydrogens (primary N) is 1. The maximum absolute atomic E-state index is 12.2. The van der Waals surface area contributed by atoms with Crippen molar-refractivity contribution in [2.24, 2.45) is 5.14 Å². The fourth-order valence-electron chi connectivity index (χ4n) is 2.05. The summed E-state index contributed by atoms with van der Waals surface area (Å²) < 4.78 is 23.4. The minimum absolute atomic E-state index is 0.0178. The van der Waals surface area contributed by atoms with Gasteiger partial charge in [-0.05, 0) is 48.7 Å². The van der Waals surface area contributed by atoms with Gasteiger partial charge in [-0.1, -0.05) is 11.3 Å². The molecule has 3 rings (SSSR count). The van der Waals surface area contributed by atoms with Crippen LogP contribution in [0.3, 0.4) is 0 Å². The van der Waals surface area contributed by atoms with E-state index in [1.54, 1.807) is 30.0 Å². The molecule has 3 N–H and O–H groups in total. The van der Waals surface area contributed by atoms with Gasteiger partial charge in [0.1, 0.15) is 0 Å². The SMILES string of the molecule is CSc1ccc(C(=O)Nc2nc3ccc(S(N)(=O)=O)cc3s2)cc1. The zero-order chi connectivity index (χ0) is 17.3. The minimum atomic E-state index is -3.77. The van der Waals surface area contributed by atoms with E-state index in [2.05, 4.69) is 10.3 Å². The first-order valence-electron chi connectivity index (χ1n) is 6.75. The number of thioether (sulfide) groups is 1. The highest BCUT2D eigenvalue weighted by Crippen LogP contribution is 2.28. The van der Waals surface area contributed by atoms with Crippen molar-refractivity contribution >= 4 is 54.4 Å². The van der Waals surface area contributed by atoms with Crippen LogP contribution in [0.5, 0.6) is 0 Å². The molecule has 1 aromatic heterocycles. The summed E-state index contributed by atoms with van der Waals surface area (Å²) in [5.41, 5.74) is 1.12. The Morgan fingerprint density at radius 2 is 1.92 bits per heavy atom. The molecule has 6 nitrogen and oxygen atoms in total. The molecule has 24 heavy (non-hydrogen) atoms. The molecule has 0 aliphatic carbocycles. The normalized spacial score (nSPS) is 11.6. The third-order valence-corrected chi connectivity index (χ3v) is 5.85. The second-order valence-electron chi connectivity index (χ2n) is 4.88. The molecule has 3 aromatic rings. The number of carbonyl (C=O) groups is 1. The van der Waals surface area contributed by atoms with E-state index in [4.69, 9.17) is 5.14 Å². The molecule has 0 saturated heterocycles. The Labute approximate surface area is 147 Å². The van der Waals surface area contributed by atoms with E-state index in [1.807, 2.05) is 18.4 Å². The van der Waals surface area contributed by atoms with E-state index in [9.17, 15) is 13.2 Å². The summed E-state index contributed by atoms with van der Waals surface area (Å²) in [7, 11) is -3.77. The number of rotatable bonds is 4. The summed E-state index contributed by atoms with van der Waals surface area (Å²) in [6, 6.07) is 11.6. The molecule has 0 radical (unpaired) electrons. The molecule has 2 aromatic carbocycles. The van der Waals surface area contributed by atoms with Crippen molar-refractivity contribution < 1.29 is 13.2 Å². The number of fused-ring (bicyclic) bond motifs is 1. The van der Waals surface area contributed by atoms with Gasteiger partial charge in [0.15, 0.2) is 5.13 Å². The molecular formula is C15H13N3O3S3. The number of hydrogen-bond acceptors (Lipinski definition) is 6. The average Bonchev–Trinajstić information content (AvgIpc) is 2.95. The summed E-state index contributed by atoms with van der Waals surface area (Å²) >= 11 is 2.79. The van der Waals surface area contributed by atoms with Crippen LogP contribution >= 0.6 is 23.1 Å². The molecule has 0 spiro atoms. The average molecular weight is 379 g/mol. The highest BCUT2D eigenvalue weighted by Gasteiger charge is 2.13. The third kappa shape index (κ3) is 3.59. The van der Waals surface area contributed by atoms with Gasteiger partial charge in [-0.25, -0.2) is 18.5 Å². The molecule has 1 amide bonds. The van der Waals surface area contributed by atoms with Crippen LogP contribution in [-0.4, -0.2) is 25.6 Å². The molecule has 0 atom stereocenters. The molecular weight excluding hydrogens is 366 g/mol. The van der Waals surface area contributed by atoms with E-state index in [-0.39, 0.29) is 10.8 Å². The van der Waals surface area contributed by atoms with Gasteiger partial charge in [0, 0.05) is 10.5 Å². The lowest BCUT2D eigenvalue weighted by atomic mass is 10.2. The molecule has 0 aliphatic heterocycles. The zero-order valence-electron chi connectivity index (χ0n) is 12.5. The van der Waals surface area contributed by atoms with Gasteiger partial charge in [0.05, 0.1) is 15.1 Å². The summed E-state index contributed by atoms with van der Waals surface area (Å²) in [6.45, 7) is 0. The van der Waals surface area contributed by atoms with Crippen molar-refractivity contribution in [2.45, 2.75) is 9.79 Å². The molecule has 124 valence electrons. The molecule has 0 aliphatic rings. The Morgan fingerprint density at radius 1 is 1.21 bits per heavy atom. The lowest BCUT2D eigenvalue weighted by Crippen LogP contribution is -2.11. The van der Waals surface area contributed by atoms with Crippen molar-refractivity contribution in [3.05, 3.63) is 48.0 Å². The highest BCUT2D eigenvalue weighted by atomic mass is 32.2. The Balaban J connectivity index is 1.85. The van der Waals surface area contributed by atoms with Crippen molar-refractivity contribution in [3.63, 3.8) is 0 Å². The number of nitrogens with zero attached hydrogens (tertiary/aromatic N) is 1. The third-order valence-electron chi connectivity index (χ3n) is 3.26. The number of amides is 1. The van der Waals surface area contributed by atoms with Crippen LogP contribution in [0.2, 0.25) is 0 Å². The second kappa shape index (κ2) is 6.52. The first-order valence-corrected chi connectivity index (χ1v) is 10.3. The fraction of sp³-hybridized carbons (Fsp3) is 0.0667. The Kier molecular flexibility index (Phi) is 4.59. The number of carbonyl (C=O) groups excluding carboxylic acids is 1. The smallest absolute Gasteiger partial charge is 0.257 e. The van der Waals surface area contributed by atoms with Crippen LogP contribution < -0.4 is 10.5 Å².